The number of benzene rings is 1. The van der Waals surface area contributed by atoms with Gasteiger partial charge < -0.3 is 19.4 Å². The van der Waals surface area contributed by atoms with Crippen LogP contribution < -0.4 is 5.32 Å². The molecule has 0 unspecified atom stereocenters. The van der Waals surface area contributed by atoms with Gasteiger partial charge in [0.2, 0.25) is 0 Å². The van der Waals surface area contributed by atoms with E-state index in [1.54, 1.807) is 31.4 Å². The number of aryl methyl sites for hydroxylation is 2. The van der Waals surface area contributed by atoms with E-state index in [1.165, 1.54) is 5.56 Å². The summed E-state index contributed by atoms with van der Waals surface area (Å²) in [7, 11) is 0. The van der Waals surface area contributed by atoms with Crippen LogP contribution in [0.5, 0.6) is 0 Å². The molecule has 0 aliphatic heterocycles. The number of nitrogens with zero attached hydrogens (tertiary/aromatic N) is 1. The van der Waals surface area contributed by atoms with Gasteiger partial charge in [-0.05, 0) is 45.2 Å². The van der Waals surface area contributed by atoms with Gasteiger partial charge in [-0.1, -0.05) is 30.3 Å². The minimum Gasteiger partial charge on any atom is -0.462 e. The zero-order valence-electron chi connectivity index (χ0n) is 17.2. The third kappa shape index (κ3) is 6.78. The summed E-state index contributed by atoms with van der Waals surface area (Å²) in [6.07, 6.45) is 1.68. The molecule has 2 aromatic rings. The standard InChI is InChI=1S/C22H28N2O5/c1-4-28-22(27)19-13-16(2)24(17(19)3)14-21(26)29-15-20(25)23-12-8-11-18-9-6-5-7-10-18/h5-7,9-10,13H,4,8,11-12,14-15H2,1-3H3,(H,23,25). The molecule has 1 aromatic carbocycles. The van der Waals surface area contributed by atoms with Crippen molar-refractivity contribution in [3.63, 3.8) is 0 Å². The smallest absolute Gasteiger partial charge is 0.339 e. The molecule has 0 aliphatic carbocycles. The summed E-state index contributed by atoms with van der Waals surface area (Å²) in [6, 6.07) is 11.7. The maximum Gasteiger partial charge on any atom is 0.339 e. The molecule has 0 atom stereocenters. The van der Waals surface area contributed by atoms with Crippen molar-refractivity contribution in [2.24, 2.45) is 0 Å². The summed E-state index contributed by atoms with van der Waals surface area (Å²) in [5.74, 6) is -1.30. The van der Waals surface area contributed by atoms with Gasteiger partial charge in [0, 0.05) is 17.9 Å². The normalized spacial score (nSPS) is 10.4. The maximum atomic E-state index is 12.1. The van der Waals surface area contributed by atoms with Crippen LogP contribution in [0.4, 0.5) is 0 Å². The van der Waals surface area contributed by atoms with Crippen molar-refractivity contribution in [3.05, 3.63) is 58.9 Å². The SMILES string of the molecule is CCOC(=O)c1cc(C)n(CC(=O)OCC(=O)NCCCc2ccccc2)c1C. The van der Waals surface area contributed by atoms with Gasteiger partial charge in [-0.2, -0.15) is 0 Å². The lowest BCUT2D eigenvalue weighted by Gasteiger charge is -2.10. The lowest BCUT2D eigenvalue weighted by atomic mass is 10.1. The lowest BCUT2D eigenvalue weighted by Crippen LogP contribution is -2.30. The number of esters is 2. The van der Waals surface area contributed by atoms with Crippen molar-refractivity contribution >= 4 is 17.8 Å². The van der Waals surface area contributed by atoms with E-state index < -0.39 is 11.9 Å². The number of ether oxygens (including phenoxy) is 2. The fourth-order valence-electron chi connectivity index (χ4n) is 3.00. The number of carbonyl (C=O) groups is 3. The quantitative estimate of drug-likeness (QED) is 0.489. The van der Waals surface area contributed by atoms with E-state index in [0.717, 1.165) is 18.5 Å². The van der Waals surface area contributed by atoms with E-state index in [0.29, 0.717) is 17.8 Å². The highest BCUT2D eigenvalue weighted by molar-refractivity contribution is 5.91. The molecule has 0 saturated carbocycles. The van der Waals surface area contributed by atoms with Crippen LogP contribution in [0.15, 0.2) is 36.4 Å². The molecular formula is C22H28N2O5. The van der Waals surface area contributed by atoms with Crippen molar-refractivity contribution in [3.8, 4) is 0 Å². The average Bonchev–Trinajstić information content (AvgIpc) is 2.99. The van der Waals surface area contributed by atoms with Gasteiger partial charge in [-0.15, -0.1) is 0 Å². The molecule has 1 heterocycles. The Bertz CT molecular complexity index is 842. The molecule has 1 amide bonds. The lowest BCUT2D eigenvalue weighted by molar-refractivity contribution is -0.149. The summed E-state index contributed by atoms with van der Waals surface area (Å²) in [4.78, 5) is 35.9. The van der Waals surface area contributed by atoms with E-state index in [-0.39, 0.29) is 25.7 Å². The van der Waals surface area contributed by atoms with Gasteiger partial charge in [0.15, 0.2) is 6.61 Å². The molecule has 29 heavy (non-hydrogen) atoms. The van der Waals surface area contributed by atoms with Crippen LogP contribution >= 0.6 is 0 Å². The Hall–Kier alpha value is -3.09. The molecule has 1 N–H and O–H groups in total. The third-order valence-electron chi connectivity index (χ3n) is 4.53. The molecule has 7 heteroatoms. The van der Waals surface area contributed by atoms with Gasteiger partial charge in [0.05, 0.1) is 12.2 Å². The molecular weight excluding hydrogens is 372 g/mol. The van der Waals surface area contributed by atoms with E-state index >= 15 is 0 Å². The predicted molar refractivity (Wildman–Crippen MR) is 109 cm³/mol. The number of hydrogen-bond acceptors (Lipinski definition) is 5. The Morgan fingerprint density at radius 1 is 1.07 bits per heavy atom. The zero-order chi connectivity index (χ0) is 21.2. The minimum absolute atomic E-state index is 0.0711. The number of hydrogen-bond donors (Lipinski definition) is 1. The first-order valence-corrected chi connectivity index (χ1v) is 9.72. The molecule has 0 bridgehead atoms. The molecule has 2 rings (SSSR count). The highest BCUT2D eigenvalue weighted by Gasteiger charge is 2.18. The first-order valence-electron chi connectivity index (χ1n) is 9.72. The average molecular weight is 400 g/mol. The van der Waals surface area contributed by atoms with E-state index in [2.05, 4.69) is 5.32 Å². The van der Waals surface area contributed by atoms with Crippen molar-refractivity contribution < 1.29 is 23.9 Å². The van der Waals surface area contributed by atoms with Crippen LogP contribution in [0.1, 0.15) is 40.7 Å². The second-order valence-electron chi connectivity index (χ2n) is 6.69. The number of rotatable bonds is 10. The van der Waals surface area contributed by atoms with Gasteiger partial charge in [-0.25, -0.2) is 4.79 Å². The van der Waals surface area contributed by atoms with Gasteiger partial charge in [0.25, 0.3) is 5.91 Å². The number of aromatic nitrogens is 1. The fourth-order valence-corrected chi connectivity index (χ4v) is 3.00. The van der Waals surface area contributed by atoms with Crippen LogP contribution in [0.25, 0.3) is 0 Å². The molecule has 1 aromatic heterocycles. The largest absolute Gasteiger partial charge is 0.462 e. The number of nitrogens with one attached hydrogen (secondary N) is 1. The summed E-state index contributed by atoms with van der Waals surface area (Å²) >= 11 is 0. The summed E-state index contributed by atoms with van der Waals surface area (Å²) in [5.41, 5.74) is 3.01. The first kappa shape index (κ1) is 22.2. The van der Waals surface area contributed by atoms with Crippen molar-refractivity contribution in [2.75, 3.05) is 19.8 Å². The molecule has 7 nitrogen and oxygen atoms in total. The van der Waals surface area contributed by atoms with E-state index in [9.17, 15) is 14.4 Å². The second-order valence-corrected chi connectivity index (χ2v) is 6.69. The van der Waals surface area contributed by atoms with E-state index in [1.807, 2.05) is 30.3 Å². The third-order valence-corrected chi connectivity index (χ3v) is 4.53. The number of carbonyl (C=O) groups excluding carboxylic acids is 3. The molecule has 156 valence electrons. The Labute approximate surface area is 171 Å². The van der Waals surface area contributed by atoms with Crippen molar-refractivity contribution in [1.82, 2.24) is 9.88 Å². The van der Waals surface area contributed by atoms with Crippen LogP contribution in [0.2, 0.25) is 0 Å². The van der Waals surface area contributed by atoms with Gasteiger partial charge in [-0.3, -0.25) is 9.59 Å². The zero-order valence-corrected chi connectivity index (χ0v) is 17.2. The summed E-state index contributed by atoms with van der Waals surface area (Å²) < 4.78 is 11.7. The topological polar surface area (TPSA) is 86.6 Å². The van der Waals surface area contributed by atoms with Crippen LogP contribution in [0, 0.1) is 13.8 Å². The Kier molecular flexibility index (Phi) is 8.45. The fraction of sp³-hybridized carbons (Fsp3) is 0.409. The molecule has 0 saturated heterocycles. The minimum atomic E-state index is -0.540. The van der Waals surface area contributed by atoms with Gasteiger partial charge in [0.1, 0.15) is 6.54 Å². The molecule has 0 aliphatic rings. The van der Waals surface area contributed by atoms with Crippen LogP contribution in [-0.4, -0.2) is 42.2 Å². The van der Waals surface area contributed by atoms with E-state index in [4.69, 9.17) is 9.47 Å². The van der Waals surface area contributed by atoms with Gasteiger partial charge >= 0.3 is 11.9 Å². The summed E-state index contributed by atoms with van der Waals surface area (Å²) in [5, 5.41) is 2.74. The maximum absolute atomic E-state index is 12.1. The first-order chi connectivity index (χ1) is 13.9. The van der Waals surface area contributed by atoms with Crippen molar-refractivity contribution in [1.29, 1.82) is 0 Å². The number of amides is 1. The second kappa shape index (κ2) is 11.0. The Morgan fingerprint density at radius 2 is 1.79 bits per heavy atom. The Morgan fingerprint density at radius 3 is 2.48 bits per heavy atom. The highest BCUT2D eigenvalue weighted by atomic mass is 16.5. The molecule has 0 fully saturated rings. The van der Waals surface area contributed by atoms with Crippen LogP contribution in [-0.2, 0) is 32.0 Å². The van der Waals surface area contributed by atoms with Crippen LogP contribution in [0.3, 0.4) is 0 Å². The Balaban J connectivity index is 1.74. The van der Waals surface area contributed by atoms with Crippen molar-refractivity contribution in [2.45, 2.75) is 40.2 Å². The predicted octanol–water partition coefficient (Wildman–Crippen LogP) is 2.57. The molecule has 0 radical (unpaired) electrons. The monoisotopic (exact) mass is 400 g/mol. The molecule has 0 spiro atoms. The highest BCUT2D eigenvalue weighted by Crippen LogP contribution is 2.16. The summed E-state index contributed by atoms with van der Waals surface area (Å²) in [6.45, 7) is 5.68.